The molecule has 0 bridgehead atoms. The first kappa shape index (κ1) is 32.2. The predicted molar refractivity (Wildman–Crippen MR) is 173 cm³/mol. The van der Waals surface area contributed by atoms with Crippen LogP contribution in [-0.4, -0.2) is 90.8 Å². The van der Waals surface area contributed by atoms with E-state index in [1.54, 1.807) is 6.08 Å². The van der Waals surface area contributed by atoms with Gasteiger partial charge in [0.1, 0.15) is 6.10 Å². The second-order valence-corrected chi connectivity index (χ2v) is 15.6. The maximum absolute atomic E-state index is 12.7. The fraction of sp³-hybridized carbons (Fsp3) is 0.833. The van der Waals surface area contributed by atoms with Crippen molar-refractivity contribution in [2.24, 2.45) is 40.2 Å². The highest BCUT2D eigenvalue weighted by Crippen LogP contribution is 2.70. The van der Waals surface area contributed by atoms with E-state index in [-0.39, 0.29) is 28.8 Å². The van der Waals surface area contributed by atoms with Crippen LogP contribution in [0.1, 0.15) is 90.9 Å². The van der Waals surface area contributed by atoms with Gasteiger partial charge in [-0.3, -0.25) is 4.79 Å². The molecule has 8 atom stereocenters. The summed E-state index contributed by atoms with van der Waals surface area (Å²) in [6, 6.07) is 0. The van der Waals surface area contributed by atoms with E-state index in [2.05, 4.69) is 35.0 Å². The van der Waals surface area contributed by atoms with E-state index in [1.807, 2.05) is 6.08 Å². The van der Waals surface area contributed by atoms with Crippen molar-refractivity contribution in [1.82, 2.24) is 15.1 Å². The summed E-state index contributed by atoms with van der Waals surface area (Å²) in [7, 11) is 0. The van der Waals surface area contributed by atoms with E-state index in [0.29, 0.717) is 36.6 Å². The second-order valence-electron chi connectivity index (χ2n) is 15.6. The molecular weight excluding hydrogens is 552 g/mol. The van der Waals surface area contributed by atoms with Gasteiger partial charge >= 0.3 is 6.09 Å². The maximum Gasteiger partial charge on any atom is 0.407 e. The van der Waals surface area contributed by atoms with Crippen LogP contribution in [0.5, 0.6) is 0 Å². The summed E-state index contributed by atoms with van der Waals surface area (Å²) >= 11 is 0. The minimum absolute atomic E-state index is 0.00763. The van der Waals surface area contributed by atoms with Crippen LogP contribution >= 0.6 is 0 Å². The van der Waals surface area contributed by atoms with Gasteiger partial charge in [-0.05, 0) is 131 Å². The molecule has 1 heterocycles. The lowest BCUT2D eigenvalue weighted by Gasteiger charge is -2.63. The Labute approximate surface area is 265 Å². The zero-order valence-electron chi connectivity index (χ0n) is 27.4. The van der Waals surface area contributed by atoms with Gasteiger partial charge in [0.25, 0.3) is 0 Å². The molecule has 0 aromatic carbocycles. The normalized spacial score (nSPS) is 41.0. The van der Waals surface area contributed by atoms with Gasteiger partial charge in [0, 0.05) is 44.6 Å². The standard InChI is InChI=1S/C36H58N4O4/c1-34-14-11-29(44-33(42)38-18-4-20-40-23-21-39(22-24-40)19-3-17-37)25-27(34)7-10-32-31(34)12-15-35(2)30(13-16-36(32,35)43)26-5-8-28(41)9-6-26/h5-6,8,27,29-32,43H,3-4,7,9-25,37H2,1-2H3,(H,38,42)/t27?,29-,30+,31?,32?,34-,35+,36-/m0/s1. The van der Waals surface area contributed by atoms with Gasteiger partial charge in [-0.15, -0.1) is 0 Å². The Morgan fingerprint density at radius 1 is 0.977 bits per heavy atom. The molecule has 5 fully saturated rings. The van der Waals surface area contributed by atoms with E-state index in [9.17, 15) is 14.7 Å². The number of ether oxygens (including phenoxy) is 1. The van der Waals surface area contributed by atoms with Crippen molar-refractivity contribution in [1.29, 1.82) is 0 Å². The number of hydrogen-bond acceptors (Lipinski definition) is 7. The highest BCUT2D eigenvalue weighted by atomic mass is 16.6. The number of allylic oxidation sites excluding steroid dienone is 4. The summed E-state index contributed by atoms with van der Waals surface area (Å²) < 4.78 is 5.99. The van der Waals surface area contributed by atoms with Crippen LogP contribution in [0.3, 0.4) is 0 Å². The first-order chi connectivity index (χ1) is 21.2. The number of rotatable bonds is 9. The average Bonchev–Trinajstić information content (AvgIpc) is 3.30. The number of carbonyl (C=O) groups is 2. The largest absolute Gasteiger partial charge is 0.446 e. The van der Waals surface area contributed by atoms with Crippen LogP contribution in [0.15, 0.2) is 23.8 Å². The van der Waals surface area contributed by atoms with Gasteiger partial charge < -0.3 is 30.7 Å². The third kappa shape index (κ3) is 6.05. The van der Waals surface area contributed by atoms with E-state index < -0.39 is 5.60 Å². The molecule has 1 aliphatic heterocycles. The molecule has 4 saturated carbocycles. The van der Waals surface area contributed by atoms with Crippen molar-refractivity contribution >= 4 is 11.9 Å². The number of nitrogens with two attached hydrogens (primary N) is 1. The SMILES string of the molecule is C[C@]12CC[C@H](OC(=O)NCCCN3CCN(CCCN)CC3)CC1CCC1C2CC[C@]2(C)[C@@H](C3=CCC(=O)C=C3)CC[C@]12O. The molecule has 0 spiro atoms. The molecule has 0 radical (unpaired) electrons. The number of fused-ring (bicyclic) bond motifs is 5. The molecule has 6 rings (SSSR count). The number of hydrogen-bond donors (Lipinski definition) is 3. The summed E-state index contributed by atoms with van der Waals surface area (Å²) in [4.78, 5) is 29.5. The first-order valence-electron chi connectivity index (χ1n) is 17.9. The van der Waals surface area contributed by atoms with Crippen LogP contribution in [0.25, 0.3) is 0 Å². The molecular formula is C36H58N4O4. The zero-order valence-corrected chi connectivity index (χ0v) is 27.4. The molecule has 4 N–H and O–H groups in total. The van der Waals surface area contributed by atoms with Crippen molar-refractivity contribution in [2.45, 2.75) is 103 Å². The Morgan fingerprint density at radius 3 is 2.43 bits per heavy atom. The number of piperazine rings is 1. The highest BCUT2D eigenvalue weighted by Gasteiger charge is 2.67. The van der Waals surface area contributed by atoms with Crippen molar-refractivity contribution in [3.8, 4) is 0 Å². The number of aliphatic hydroxyl groups is 1. The van der Waals surface area contributed by atoms with Crippen LogP contribution in [0, 0.1) is 34.5 Å². The lowest BCUT2D eigenvalue weighted by molar-refractivity contribution is -0.207. The number of nitrogens with one attached hydrogen (secondary N) is 1. The fourth-order valence-electron chi connectivity index (χ4n) is 10.9. The Morgan fingerprint density at radius 2 is 1.73 bits per heavy atom. The molecule has 5 aliphatic carbocycles. The van der Waals surface area contributed by atoms with Gasteiger partial charge in [0.05, 0.1) is 5.60 Å². The summed E-state index contributed by atoms with van der Waals surface area (Å²) in [5.74, 6) is 1.91. The monoisotopic (exact) mass is 610 g/mol. The predicted octanol–water partition coefficient (Wildman–Crippen LogP) is 4.67. The molecule has 0 aromatic heterocycles. The molecule has 8 heteroatoms. The van der Waals surface area contributed by atoms with Crippen LogP contribution in [-0.2, 0) is 9.53 Å². The second kappa shape index (κ2) is 13.2. The van der Waals surface area contributed by atoms with E-state index in [4.69, 9.17) is 10.5 Å². The number of ketones is 1. The molecule has 1 saturated heterocycles. The minimum Gasteiger partial charge on any atom is -0.446 e. The summed E-state index contributed by atoms with van der Waals surface area (Å²) in [6.45, 7) is 12.8. The van der Waals surface area contributed by atoms with E-state index >= 15 is 0 Å². The first-order valence-corrected chi connectivity index (χ1v) is 17.9. The Hall–Kier alpha value is -1.74. The zero-order chi connectivity index (χ0) is 31.0. The smallest absolute Gasteiger partial charge is 0.407 e. The maximum atomic E-state index is 12.7. The summed E-state index contributed by atoms with van der Waals surface area (Å²) in [6.07, 6.45) is 17.3. The Kier molecular flexibility index (Phi) is 9.64. The van der Waals surface area contributed by atoms with Gasteiger partial charge in [-0.1, -0.05) is 26.0 Å². The molecule has 44 heavy (non-hydrogen) atoms. The fourth-order valence-corrected chi connectivity index (χ4v) is 10.9. The third-order valence-electron chi connectivity index (χ3n) is 13.5. The number of amides is 1. The molecule has 0 aromatic rings. The Bertz CT molecular complexity index is 1120. The van der Waals surface area contributed by atoms with Crippen LogP contribution in [0.2, 0.25) is 0 Å². The quantitative estimate of drug-likeness (QED) is 0.326. The van der Waals surface area contributed by atoms with Gasteiger partial charge in [0.2, 0.25) is 0 Å². The number of carbonyl (C=O) groups excluding carboxylic acids is 2. The third-order valence-corrected chi connectivity index (χ3v) is 13.5. The minimum atomic E-state index is -0.643. The lowest BCUT2D eigenvalue weighted by Crippen LogP contribution is -2.62. The van der Waals surface area contributed by atoms with Gasteiger partial charge in [-0.25, -0.2) is 4.79 Å². The van der Waals surface area contributed by atoms with Crippen molar-refractivity contribution < 1.29 is 19.4 Å². The van der Waals surface area contributed by atoms with Gasteiger partial charge in [-0.2, -0.15) is 0 Å². The number of alkyl carbamates (subject to hydrolysis) is 1. The van der Waals surface area contributed by atoms with Crippen LogP contribution in [0.4, 0.5) is 4.79 Å². The molecule has 246 valence electrons. The van der Waals surface area contributed by atoms with E-state index in [0.717, 1.165) is 116 Å². The van der Waals surface area contributed by atoms with Gasteiger partial charge in [0.15, 0.2) is 5.78 Å². The molecule has 3 unspecified atom stereocenters. The van der Waals surface area contributed by atoms with Crippen molar-refractivity contribution in [2.75, 3.05) is 52.4 Å². The van der Waals surface area contributed by atoms with E-state index in [1.165, 1.54) is 5.57 Å². The highest BCUT2D eigenvalue weighted by molar-refractivity contribution is 5.92. The average molecular weight is 611 g/mol. The summed E-state index contributed by atoms with van der Waals surface area (Å²) in [5, 5.41) is 15.5. The lowest BCUT2D eigenvalue weighted by atomic mass is 9.43. The molecule has 8 nitrogen and oxygen atoms in total. The van der Waals surface area contributed by atoms with Crippen LogP contribution < -0.4 is 11.1 Å². The van der Waals surface area contributed by atoms with Crippen molar-refractivity contribution in [3.63, 3.8) is 0 Å². The molecule has 6 aliphatic rings. The van der Waals surface area contributed by atoms with Crippen molar-refractivity contribution in [3.05, 3.63) is 23.8 Å². The molecule has 1 amide bonds. The summed E-state index contributed by atoms with van der Waals surface area (Å²) in [5.41, 5.74) is 6.34. The topological polar surface area (TPSA) is 108 Å². The number of nitrogens with zero attached hydrogens (tertiary/aromatic N) is 2. The Balaban J connectivity index is 0.968.